The molecule has 2 aromatic rings. The highest BCUT2D eigenvalue weighted by Gasteiger charge is 2.08. The molecule has 0 fully saturated rings. The summed E-state index contributed by atoms with van der Waals surface area (Å²) in [5.41, 5.74) is 7.05. The Hall–Kier alpha value is -3.12. The van der Waals surface area contributed by atoms with E-state index in [1.165, 1.54) is 13.1 Å². The van der Waals surface area contributed by atoms with Gasteiger partial charge in [0.25, 0.3) is 0 Å². The fourth-order valence-electron chi connectivity index (χ4n) is 1.70. The van der Waals surface area contributed by atoms with E-state index >= 15 is 0 Å². The molecule has 0 saturated carbocycles. The summed E-state index contributed by atoms with van der Waals surface area (Å²) >= 11 is 1.11. The molecule has 0 atom stereocenters. The molecule has 1 aromatic carbocycles. The predicted octanol–water partition coefficient (Wildman–Crippen LogP) is 1.62. The van der Waals surface area contributed by atoms with Gasteiger partial charge in [0.1, 0.15) is 17.5 Å². The Kier molecular flexibility index (Phi) is 5.70. The summed E-state index contributed by atoms with van der Waals surface area (Å²) in [6, 6.07) is 8.62. The number of nitrogen functional groups attached to an aromatic ring is 1. The van der Waals surface area contributed by atoms with Crippen LogP contribution in [-0.4, -0.2) is 27.5 Å². The van der Waals surface area contributed by atoms with E-state index in [4.69, 9.17) is 11.0 Å². The first-order valence-corrected chi connectivity index (χ1v) is 7.79. The summed E-state index contributed by atoms with van der Waals surface area (Å²) in [7, 11) is 0. The number of anilines is 3. The molecule has 1 aromatic heterocycles. The number of nitriles is 1. The van der Waals surface area contributed by atoms with Crippen molar-refractivity contribution in [2.24, 2.45) is 0 Å². The molecule has 2 amide bonds. The van der Waals surface area contributed by atoms with E-state index in [0.29, 0.717) is 16.5 Å². The third kappa shape index (κ3) is 4.96. The zero-order valence-electron chi connectivity index (χ0n) is 12.7. The first-order valence-electron chi connectivity index (χ1n) is 6.81. The number of thioether (sulfide) groups is 1. The lowest BCUT2D eigenvalue weighted by Gasteiger charge is -2.07. The van der Waals surface area contributed by atoms with Gasteiger partial charge in [0, 0.05) is 18.3 Å². The van der Waals surface area contributed by atoms with Crippen molar-refractivity contribution in [1.29, 1.82) is 5.26 Å². The molecular weight excluding hydrogens is 328 g/mol. The quantitative estimate of drug-likeness (QED) is 0.555. The maximum Gasteiger partial charge on any atom is 0.234 e. The molecule has 0 bridgehead atoms. The number of hydrogen-bond acceptors (Lipinski definition) is 7. The van der Waals surface area contributed by atoms with Crippen molar-refractivity contribution in [3.05, 3.63) is 36.0 Å². The second-order valence-corrected chi connectivity index (χ2v) is 5.60. The number of nitrogens with zero attached hydrogens (tertiary/aromatic N) is 3. The number of benzene rings is 1. The number of nitrogens with two attached hydrogens (primary N) is 1. The monoisotopic (exact) mass is 342 g/mol. The van der Waals surface area contributed by atoms with Gasteiger partial charge in [-0.2, -0.15) is 5.26 Å². The van der Waals surface area contributed by atoms with Crippen LogP contribution in [0.2, 0.25) is 0 Å². The van der Waals surface area contributed by atoms with Crippen LogP contribution in [0.1, 0.15) is 12.5 Å². The Labute approximate surface area is 142 Å². The molecule has 0 unspecified atom stereocenters. The Morgan fingerprint density at radius 1 is 1.25 bits per heavy atom. The number of hydrogen-bond donors (Lipinski definition) is 3. The Morgan fingerprint density at radius 3 is 2.42 bits per heavy atom. The largest absolute Gasteiger partial charge is 0.382 e. The number of aromatic nitrogens is 2. The molecule has 24 heavy (non-hydrogen) atoms. The summed E-state index contributed by atoms with van der Waals surface area (Å²) in [6.45, 7) is 1.42. The Bertz CT molecular complexity index is 801. The fraction of sp³-hybridized carbons (Fsp3) is 0.133. The number of rotatable bonds is 5. The van der Waals surface area contributed by atoms with Crippen molar-refractivity contribution < 1.29 is 9.59 Å². The lowest BCUT2D eigenvalue weighted by molar-refractivity contribution is -0.114. The molecule has 0 aliphatic heterocycles. The van der Waals surface area contributed by atoms with Gasteiger partial charge in [-0.05, 0) is 24.3 Å². The third-order valence-electron chi connectivity index (χ3n) is 2.74. The zero-order valence-corrected chi connectivity index (χ0v) is 13.6. The molecule has 2 rings (SSSR count). The standard InChI is InChI=1S/C15H14N6O2S/c1-9(22)19-11-2-4-12(5-3-11)20-13(23)8-24-15-18-7-10(6-16)14(17)21-15/h2-5,7H,8H2,1H3,(H,19,22)(H,20,23)(H2,17,18,21). The maximum absolute atomic E-state index is 11.9. The lowest BCUT2D eigenvalue weighted by atomic mass is 10.3. The van der Waals surface area contributed by atoms with E-state index in [1.54, 1.807) is 24.3 Å². The van der Waals surface area contributed by atoms with E-state index in [1.807, 2.05) is 6.07 Å². The maximum atomic E-state index is 11.9. The SMILES string of the molecule is CC(=O)Nc1ccc(NC(=O)CSc2ncc(C#N)c(N)n2)cc1. The third-order valence-corrected chi connectivity index (χ3v) is 3.60. The van der Waals surface area contributed by atoms with E-state index in [0.717, 1.165) is 11.8 Å². The van der Waals surface area contributed by atoms with Gasteiger partial charge in [0.05, 0.1) is 11.9 Å². The van der Waals surface area contributed by atoms with Crippen LogP contribution in [0.25, 0.3) is 0 Å². The molecule has 1 heterocycles. The van der Waals surface area contributed by atoms with Crippen LogP contribution in [0.15, 0.2) is 35.6 Å². The summed E-state index contributed by atoms with van der Waals surface area (Å²) in [5, 5.41) is 14.4. The van der Waals surface area contributed by atoms with Crippen LogP contribution in [0.3, 0.4) is 0 Å². The topological polar surface area (TPSA) is 134 Å². The molecule has 0 aliphatic carbocycles. The van der Waals surface area contributed by atoms with Gasteiger partial charge >= 0.3 is 0 Å². The molecule has 4 N–H and O–H groups in total. The minimum atomic E-state index is -0.237. The normalized spacial score (nSPS) is 9.83. The summed E-state index contributed by atoms with van der Waals surface area (Å²) in [5.74, 6) is -0.216. The Balaban J connectivity index is 1.88. The molecule has 0 spiro atoms. The van der Waals surface area contributed by atoms with E-state index in [2.05, 4.69) is 20.6 Å². The van der Waals surface area contributed by atoms with E-state index in [9.17, 15) is 9.59 Å². The van der Waals surface area contributed by atoms with Crippen LogP contribution in [0.4, 0.5) is 17.2 Å². The van der Waals surface area contributed by atoms with Crippen molar-refractivity contribution in [3.8, 4) is 6.07 Å². The molecule has 0 saturated heterocycles. The van der Waals surface area contributed by atoms with Gasteiger partial charge in [-0.3, -0.25) is 9.59 Å². The van der Waals surface area contributed by atoms with Gasteiger partial charge in [-0.25, -0.2) is 9.97 Å². The highest BCUT2D eigenvalue weighted by atomic mass is 32.2. The van der Waals surface area contributed by atoms with Gasteiger partial charge in [-0.1, -0.05) is 11.8 Å². The fourth-order valence-corrected chi connectivity index (χ4v) is 2.32. The van der Waals surface area contributed by atoms with Crippen molar-refractivity contribution in [2.45, 2.75) is 12.1 Å². The molecule has 0 radical (unpaired) electrons. The minimum absolute atomic E-state index is 0.0870. The molecular formula is C15H14N6O2S. The summed E-state index contributed by atoms with van der Waals surface area (Å²) in [4.78, 5) is 30.8. The van der Waals surface area contributed by atoms with Crippen LogP contribution in [0, 0.1) is 11.3 Å². The predicted molar refractivity (Wildman–Crippen MR) is 91.3 cm³/mol. The number of carbonyl (C=O) groups is 2. The highest BCUT2D eigenvalue weighted by Crippen LogP contribution is 2.17. The van der Waals surface area contributed by atoms with Gasteiger partial charge < -0.3 is 16.4 Å². The average molecular weight is 342 g/mol. The first-order chi connectivity index (χ1) is 11.5. The number of carbonyl (C=O) groups excluding carboxylic acids is 2. The van der Waals surface area contributed by atoms with Crippen molar-refractivity contribution in [1.82, 2.24) is 9.97 Å². The lowest BCUT2D eigenvalue weighted by Crippen LogP contribution is -2.14. The number of nitrogens with one attached hydrogen (secondary N) is 2. The van der Waals surface area contributed by atoms with Gasteiger partial charge in [0.15, 0.2) is 5.16 Å². The van der Waals surface area contributed by atoms with E-state index in [-0.39, 0.29) is 28.9 Å². The summed E-state index contributed by atoms with van der Waals surface area (Å²) in [6.07, 6.45) is 1.32. The summed E-state index contributed by atoms with van der Waals surface area (Å²) < 4.78 is 0. The van der Waals surface area contributed by atoms with Gasteiger partial charge in [-0.15, -0.1) is 0 Å². The van der Waals surface area contributed by atoms with Crippen LogP contribution < -0.4 is 16.4 Å². The van der Waals surface area contributed by atoms with Crippen molar-refractivity contribution in [3.63, 3.8) is 0 Å². The zero-order chi connectivity index (χ0) is 17.5. The highest BCUT2D eigenvalue weighted by molar-refractivity contribution is 7.99. The second kappa shape index (κ2) is 7.94. The molecule has 0 aliphatic rings. The van der Waals surface area contributed by atoms with Crippen LogP contribution >= 0.6 is 11.8 Å². The average Bonchev–Trinajstić information content (AvgIpc) is 2.54. The van der Waals surface area contributed by atoms with E-state index < -0.39 is 0 Å². The van der Waals surface area contributed by atoms with Gasteiger partial charge in [0.2, 0.25) is 11.8 Å². The second-order valence-electron chi connectivity index (χ2n) is 4.66. The molecule has 9 heteroatoms. The number of amides is 2. The van der Waals surface area contributed by atoms with Crippen LogP contribution in [0.5, 0.6) is 0 Å². The molecule has 8 nitrogen and oxygen atoms in total. The first kappa shape index (κ1) is 17.2. The molecule has 122 valence electrons. The minimum Gasteiger partial charge on any atom is -0.382 e. The van der Waals surface area contributed by atoms with Crippen molar-refractivity contribution >= 4 is 40.8 Å². The Morgan fingerprint density at radius 2 is 1.88 bits per heavy atom. The van der Waals surface area contributed by atoms with Crippen LogP contribution in [-0.2, 0) is 9.59 Å². The smallest absolute Gasteiger partial charge is 0.234 e. The van der Waals surface area contributed by atoms with Crippen molar-refractivity contribution in [2.75, 3.05) is 22.1 Å².